The van der Waals surface area contributed by atoms with Crippen LogP contribution in [0, 0.1) is 16.0 Å². The Bertz CT molecular complexity index is 820. The SMILES string of the molecule is O=C(NC1CCCOc2c1ccc1ccccc21)C1CC1[N+](=O)[O-]. The maximum absolute atomic E-state index is 12.3. The van der Waals surface area contributed by atoms with Crippen molar-refractivity contribution >= 4 is 16.7 Å². The summed E-state index contributed by atoms with van der Waals surface area (Å²) in [5.74, 6) is 0.105. The van der Waals surface area contributed by atoms with Crippen LogP contribution < -0.4 is 10.1 Å². The Labute approximate surface area is 138 Å². The second kappa shape index (κ2) is 5.78. The van der Waals surface area contributed by atoms with Crippen LogP contribution in [0.2, 0.25) is 0 Å². The first-order valence-electron chi connectivity index (χ1n) is 8.23. The maximum atomic E-state index is 12.3. The van der Waals surface area contributed by atoms with Crippen LogP contribution >= 0.6 is 0 Å². The van der Waals surface area contributed by atoms with Crippen LogP contribution in [0.1, 0.15) is 30.9 Å². The fourth-order valence-electron chi connectivity index (χ4n) is 3.44. The monoisotopic (exact) mass is 326 g/mol. The fourth-order valence-corrected chi connectivity index (χ4v) is 3.44. The summed E-state index contributed by atoms with van der Waals surface area (Å²) in [7, 11) is 0. The van der Waals surface area contributed by atoms with Gasteiger partial charge in [0.25, 0.3) is 0 Å². The van der Waals surface area contributed by atoms with Gasteiger partial charge in [-0.15, -0.1) is 0 Å². The lowest BCUT2D eigenvalue weighted by Crippen LogP contribution is -2.31. The quantitative estimate of drug-likeness (QED) is 0.694. The van der Waals surface area contributed by atoms with Gasteiger partial charge in [-0.1, -0.05) is 36.4 Å². The molecule has 2 aliphatic rings. The predicted octanol–water partition coefficient (Wildman–Crippen LogP) is 2.83. The van der Waals surface area contributed by atoms with Crippen molar-refractivity contribution in [2.24, 2.45) is 5.92 Å². The van der Waals surface area contributed by atoms with Crippen molar-refractivity contribution in [1.82, 2.24) is 5.32 Å². The third-order valence-electron chi connectivity index (χ3n) is 4.85. The number of amides is 1. The normalized spacial score (nSPS) is 25.2. The summed E-state index contributed by atoms with van der Waals surface area (Å²) in [6.45, 7) is 0.605. The van der Waals surface area contributed by atoms with Gasteiger partial charge in [-0.2, -0.15) is 0 Å². The van der Waals surface area contributed by atoms with E-state index in [-0.39, 0.29) is 16.9 Å². The Morgan fingerprint density at radius 1 is 1.25 bits per heavy atom. The number of benzene rings is 2. The molecule has 1 N–H and O–H groups in total. The third kappa shape index (κ3) is 2.58. The standard InChI is InChI=1S/C18H18N2O4/c21-18(14-10-16(14)20(22)23)19-15-6-3-9-24-17-12-5-2-1-4-11(12)7-8-13(15)17/h1-2,4-5,7-8,14-16H,3,6,9-10H2,(H,19,21). The summed E-state index contributed by atoms with van der Waals surface area (Å²) in [6, 6.07) is 11.1. The molecule has 24 heavy (non-hydrogen) atoms. The highest BCUT2D eigenvalue weighted by molar-refractivity contribution is 5.90. The average molecular weight is 326 g/mol. The summed E-state index contributed by atoms with van der Waals surface area (Å²) >= 11 is 0. The first-order valence-corrected chi connectivity index (χ1v) is 8.23. The highest BCUT2D eigenvalue weighted by Crippen LogP contribution is 2.39. The number of fused-ring (bicyclic) bond motifs is 3. The lowest BCUT2D eigenvalue weighted by molar-refractivity contribution is -0.497. The van der Waals surface area contributed by atoms with E-state index in [9.17, 15) is 14.9 Å². The van der Waals surface area contributed by atoms with Gasteiger partial charge >= 0.3 is 0 Å². The molecule has 124 valence electrons. The van der Waals surface area contributed by atoms with E-state index < -0.39 is 12.0 Å². The minimum atomic E-state index is -0.719. The first-order chi connectivity index (χ1) is 11.6. The van der Waals surface area contributed by atoms with Gasteiger partial charge in [0.15, 0.2) is 0 Å². The summed E-state index contributed by atoms with van der Waals surface area (Å²) in [5, 5.41) is 15.9. The summed E-state index contributed by atoms with van der Waals surface area (Å²) in [6.07, 6.45) is 1.94. The summed E-state index contributed by atoms with van der Waals surface area (Å²) in [5.41, 5.74) is 0.956. The van der Waals surface area contributed by atoms with Gasteiger partial charge in [0.2, 0.25) is 11.9 Å². The van der Waals surface area contributed by atoms with Crippen LogP contribution in [0.3, 0.4) is 0 Å². The van der Waals surface area contributed by atoms with E-state index in [1.165, 1.54) is 0 Å². The van der Waals surface area contributed by atoms with E-state index in [4.69, 9.17) is 4.74 Å². The maximum Gasteiger partial charge on any atom is 0.230 e. The zero-order valence-electron chi connectivity index (χ0n) is 13.1. The second-order valence-corrected chi connectivity index (χ2v) is 6.45. The van der Waals surface area contributed by atoms with Gasteiger partial charge in [0.05, 0.1) is 12.6 Å². The third-order valence-corrected chi connectivity index (χ3v) is 4.85. The molecule has 1 aliphatic heterocycles. The van der Waals surface area contributed by atoms with Crippen molar-refractivity contribution in [3.8, 4) is 5.75 Å². The van der Waals surface area contributed by atoms with E-state index in [1.807, 2.05) is 36.4 Å². The van der Waals surface area contributed by atoms with Crippen LogP contribution in [0.25, 0.3) is 10.8 Å². The molecule has 6 nitrogen and oxygen atoms in total. The molecule has 2 aromatic rings. The molecule has 4 rings (SSSR count). The molecule has 1 amide bonds. The lowest BCUT2D eigenvalue weighted by atomic mass is 9.98. The molecule has 1 saturated carbocycles. The van der Waals surface area contributed by atoms with E-state index >= 15 is 0 Å². The Kier molecular flexibility index (Phi) is 3.59. The molecule has 1 fully saturated rings. The number of nitrogens with one attached hydrogen (secondary N) is 1. The van der Waals surface area contributed by atoms with Gasteiger partial charge in [0, 0.05) is 22.3 Å². The zero-order valence-corrected chi connectivity index (χ0v) is 13.1. The molecule has 2 aromatic carbocycles. The van der Waals surface area contributed by atoms with Crippen molar-refractivity contribution in [2.75, 3.05) is 6.61 Å². The van der Waals surface area contributed by atoms with Crippen LogP contribution in [-0.4, -0.2) is 23.5 Å². The largest absolute Gasteiger partial charge is 0.493 e. The van der Waals surface area contributed by atoms with E-state index in [0.29, 0.717) is 13.0 Å². The Morgan fingerprint density at radius 2 is 2.08 bits per heavy atom. The number of carbonyl (C=O) groups is 1. The molecule has 1 heterocycles. The van der Waals surface area contributed by atoms with E-state index in [2.05, 4.69) is 5.32 Å². The average Bonchev–Trinajstić information content (AvgIpc) is 3.39. The Hall–Kier alpha value is -2.63. The van der Waals surface area contributed by atoms with Gasteiger partial charge in [-0.05, 0) is 18.2 Å². The second-order valence-electron chi connectivity index (χ2n) is 6.45. The number of hydrogen-bond donors (Lipinski definition) is 1. The van der Waals surface area contributed by atoms with Gasteiger partial charge in [-0.3, -0.25) is 14.9 Å². The minimum Gasteiger partial charge on any atom is -0.493 e. The molecule has 0 saturated heterocycles. The Balaban J connectivity index is 1.63. The molecule has 3 unspecified atom stereocenters. The smallest absolute Gasteiger partial charge is 0.230 e. The minimum absolute atomic E-state index is 0.160. The first kappa shape index (κ1) is 14.9. The number of hydrogen-bond acceptors (Lipinski definition) is 4. The zero-order chi connectivity index (χ0) is 16.7. The predicted molar refractivity (Wildman–Crippen MR) is 88.5 cm³/mol. The van der Waals surface area contributed by atoms with Crippen molar-refractivity contribution in [1.29, 1.82) is 0 Å². The van der Waals surface area contributed by atoms with Crippen LogP contribution in [0.5, 0.6) is 5.75 Å². The molecular formula is C18H18N2O4. The summed E-state index contributed by atoms with van der Waals surface area (Å²) < 4.78 is 5.95. The van der Waals surface area contributed by atoms with Crippen molar-refractivity contribution in [3.63, 3.8) is 0 Å². The van der Waals surface area contributed by atoms with Crippen molar-refractivity contribution in [3.05, 3.63) is 52.1 Å². The molecule has 0 radical (unpaired) electrons. The van der Waals surface area contributed by atoms with Gasteiger partial charge < -0.3 is 10.1 Å². The number of nitrogens with zero attached hydrogens (tertiary/aromatic N) is 1. The highest BCUT2D eigenvalue weighted by atomic mass is 16.6. The van der Waals surface area contributed by atoms with E-state index in [0.717, 1.165) is 34.9 Å². The fraction of sp³-hybridized carbons (Fsp3) is 0.389. The highest BCUT2D eigenvalue weighted by Gasteiger charge is 2.53. The molecular weight excluding hydrogens is 308 g/mol. The molecule has 1 aliphatic carbocycles. The van der Waals surface area contributed by atoms with E-state index in [1.54, 1.807) is 0 Å². The number of nitro groups is 1. The molecule has 0 aromatic heterocycles. The van der Waals surface area contributed by atoms with Crippen LogP contribution in [-0.2, 0) is 4.79 Å². The van der Waals surface area contributed by atoms with Gasteiger partial charge in [-0.25, -0.2) is 0 Å². The lowest BCUT2D eigenvalue weighted by Gasteiger charge is -2.19. The molecule has 0 spiro atoms. The molecule has 3 atom stereocenters. The topological polar surface area (TPSA) is 81.5 Å². The number of rotatable bonds is 3. The van der Waals surface area contributed by atoms with Crippen LogP contribution in [0.4, 0.5) is 0 Å². The van der Waals surface area contributed by atoms with Gasteiger partial charge in [0.1, 0.15) is 11.7 Å². The molecule has 0 bridgehead atoms. The Morgan fingerprint density at radius 3 is 2.88 bits per heavy atom. The van der Waals surface area contributed by atoms with Crippen molar-refractivity contribution < 1.29 is 14.5 Å². The number of ether oxygens (including phenoxy) is 1. The summed E-state index contributed by atoms with van der Waals surface area (Å²) in [4.78, 5) is 22.7. The molecule has 6 heteroatoms. The van der Waals surface area contributed by atoms with Crippen molar-refractivity contribution in [2.45, 2.75) is 31.3 Å². The van der Waals surface area contributed by atoms with Crippen LogP contribution in [0.15, 0.2) is 36.4 Å². The number of carbonyl (C=O) groups excluding carboxylic acids is 1.